The van der Waals surface area contributed by atoms with E-state index in [1.165, 1.54) is 0 Å². The molecule has 4 rings (SSSR count). The highest BCUT2D eigenvalue weighted by Crippen LogP contribution is 2.44. The maximum atomic E-state index is 12.4. The van der Waals surface area contributed by atoms with Gasteiger partial charge in [-0.25, -0.2) is 9.59 Å². The molecular weight excluding hydrogens is 468 g/mol. The van der Waals surface area contributed by atoms with Crippen molar-refractivity contribution in [2.24, 2.45) is 0 Å². The summed E-state index contributed by atoms with van der Waals surface area (Å²) in [7, 11) is -4.73. The Kier molecular flexibility index (Phi) is 6.18. The first-order valence-electron chi connectivity index (χ1n) is 10.0. The summed E-state index contributed by atoms with van der Waals surface area (Å²) >= 11 is 0. The van der Waals surface area contributed by atoms with Gasteiger partial charge in [-0.05, 0) is 22.3 Å². The minimum absolute atomic E-state index is 0.104. The van der Waals surface area contributed by atoms with E-state index in [0.29, 0.717) is 4.73 Å². The lowest BCUT2D eigenvalue weighted by atomic mass is 9.98. The Morgan fingerprint density at radius 1 is 0.941 bits per heavy atom. The number of nitrogens with zero attached hydrogens (tertiary/aromatic N) is 1. The highest BCUT2D eigenvalue weighted by Gasteiger charge is 2.32. The van der Waals surface area contributed by atoms with Crippen molar-refractivity contribution in [3.8, 4) is 22.9 Å². The molecule has 3 aromatic rings. The van der Waals surface area contributed by atoms with E-state index >= 15 is 0 Å². The van der Waals surface area contributed by atoms with Gasteiger partial charge in [0.2, 0.25) is 11.8 Å². The van der Waals surface area contributed by atoms with E-state index in [4.69, 9.17) is 9.57 Å². The molecule has 0 saturated heterocycles. The number of benzene rings is 2. The maximum Gasteiger partial charge on any atom is 0.407 e. The lowest BCUT2D eigenvalue weighted by Gasteiger charge is -2.18. The summed E-state index contributed by atoms with van der Waals surface area (Å²) < 4.78 is 37.5. The topological polar surface area (TPSA) is 164 Å². The van der Waals surface area contributed by atoms with Crippen LogP contribution in [0.3, 0.4) is 0 Å². The fourth-order valence-electron chi connectivity index (χ4n) is 3.81. The van der Waals surface area contributed by atoms with Crippen LogP contribution in [0.5, 0.6) is 11.8 Å². The van der Waals surface area contributed by atoms with Gasteiger partial charge in [0.15, 0.2) is 0 Å². The van der Waals surface area contributed by atoms with Crippen LogP contribution in [0.25, 0.3) is 11.1 Å². The van der Waals surface area contributed by atoms with Gasteiger partial charge in [-0.15, -0.1) is 4.73 Å². The number of aromatic hydroxyl groups is 2. The number of carbonyl (C=O) groups is 2. The van der Waals surface area contributed by atoms with Crippen molar-refractivity contribution in [1.29, 1.82) is 0 Å². The zero-order valence-electron chi connectivity index (χ0n) is 17.5. The van der Waals surface area contributed by atoms with E-state index in [0.717, 1.165) is 34.4 Å². The zero-order valence-corrected chi connectivity index (χ0v) is 18.3. The molecule has 0 radical (unpaired) electrons. The molecule has 1 aliphatic carbocycles. The third-order valence-electron chi connectivity index (χ3n) is 5.28. The van der Waals surface area contributed by atoms with E-state index < -0.39 is 45.7 Å². The molecule has 1 unspecified atom stereocenters. The van der Waals surface area contributed by atoms with Gasteiger partial charge in [-0.3, -0.25) is 4.55 Å². The molecule has 0 aliphatic heterocycles. The van der Waals surface area contributed by atoms with Gasteiger partial charge >= 0.3 is 12.1 Å². The van der Waals surface area contributed by atoms with Gasteiger partial charge in [0.05, 0.1) is 0 Å². The summed E-state index contributed by atoms with van der Waals surface area (Å²) in [5.41, 5.74) is 3.91. The standard InChI is InChI=1S/C22H20N2O9S/c25-19-9-10-20(26)24(19)33-21(27)18(12-34(29,30)31)23-22(28)32-11-17-15-7-3-1-5-13(15)14-6-2-4-8-16(14)17/h1-10,17-18,25-26H,11-12H2,(H,23,28)(H,29,30,31). The van der Waals surface area contributed by atoms with Gasteiger partial charge in [-0.2, -0.15) is 8.42 Å². The molecule has 178 valence electrons. The molecule has 12 heteroatoms. The first kappa shape index (κ1) is 23.1. The molecule has 11 nitrogen and oxygen atoms in total. The molecule has 4 N–H and O–H groups in total. The normalized spacial score (nSPS) is 13.6. The SMILES string of the molecule is O=C(NC(CS(=O)(=O)O)C(=O)On1c(O)ccc1O)OCC1c2ccccc2-c2ccccc21. The Morgan fingerprint density at radius 2 is 1.47 bits per heavy atom. The molecule has 34 heavy (non-hydrogen) atoms. The van der Waals surface area contributed by atoms with Crippen molar-refractivity contribution >= 4 is 22.2 Å². The Labute approximate surface area is 193 Å². The van der Waals surface area contributed by atoms with Crippen LogP contribution in [0.1, 0.15) is 17.0 Å². The van der Waals surface area contributed by atoms with Crippen LogP contribution in [0.2, 0.25) is 0 Å². The molecule has 1 aliphatic rings. The number of carbonyl (C=O) groups excluding carboxylic acids is 2. The number of ether oxygens (including phenoxy) is 1. The number of rotatable bonds is 7. The van der Waals surface area contributed by atoms with Gasteiger partial charge in [0.25, 0.3) is 10.1 Å². The van der Waals surface area contributed by atoms with E-state index in [1.807, 2.05) is 53.8 Å². The van der Waals surface area contributed by atoms with E-state index in [2.05, 4.69) is 0 Å². The van der Waals surface area contributed by atoms with Crippen molar-refractivity contribution < 1.29 is 42.3 Å². The predicted molar refractivity (Wildman–Crippen MR) is 118 cm³/mol. The summed E-state index contributed by atoms with van der Waals surface area (Å²) in [5, 5.41) is 21.2. The average Bonchev–Trinajstić information content (AvgIpc) is 3.28. The predicted octanol–water partition coefficient (Wildman–Crippen LogP) is 1.65. The number of aromatic nitrogens is 1. The molecule has 0 saturated carbocycles. The summed E-state index contributed by atoms with van der Waals surface area (Å²) in [6.07, 6.45) is -1.13. The molecule has 0 spiro atoms. The number of amides is 1. The van der Waals surface area contributed by atoms with Gasteiger partial charge in [-0.1, -0.05) is 48.5 Å². The van der Waals surface area contributed by atoms with Crippen LogP contribution in [-0.4, -0.2) is 58.4 Å². The quantitative estimate of drug-likeness (QED) is 0.362. The van der Waals surface area contributed by atoms with Crippen molar-refractivity contribution in [1.82, 2.24) is 10.0 Å². The summed E-state index contributed by atoms with van der Waals surface area (Å²) in [5.74, 6) is -4.19. The smallest absolute Gasteiger partial charge is 0.407 e. The Hall–Kier alpha value is -4.03. The molecule has 1 amide bonds. The third-order valence-corrected chi connectivity index (χ3v) is 6.03. The summed E-state index contributed by atoms with van der Waals surface area (Å²) in [6, 6.07) is 15.4. The van der Waals surface area contributed by atoms with Crippen molar-refractivity contribution in [2.75, 3.05) is 12.4 Å². The van der Waals surface area contributed by atoms with Crippen molar-refractivity contribution in [3.05, 3.63) is 71.8 Å². The van der Waals surface area contributed by atoms with Crippen LogP contribution < -0.4 is 10.2 Å². The fourth-order valence-corrected chi connectivity index (χ4v) is 4.45. The largest absolute Gasteiger partial charge is 0.492 e. The minimum Gasteiger partial charge on any atom is -0.492 e. The van der Waals surface area contributed by atoms with Crippen LogP contribution in [0.4, 0.5) is 4.79 Å². The number of hydrogen-bond donors (Lipinski definition) is 4. The monoisotopic (exact) mass is 488 g/mol. The minimum atomic E-state index is -4.73. The average molecular weight is 488 g/mol. The number of fused-ring (bicyclic) bond motifs is 3. The van der Waals surface area contributed by atoms with Crippen molar-refractivity contribution in [2.45, 2.75) is 12.0 Å². The molecule has 2 aromatic carbocycles. The number of nitrogens with one attached hydrogen (secondary N) is 1. The van der Waals surface area contributed by atoms with E-state index in [-0.39, 0.29) is 12.5 Å². The van der Waals surface area contributed by atoms with E-state index in [9.17, 15) is 32.8 Å². The Bertz CT molecular complexity index is 1280. The van der Waals surface area contributed by atoms with Crippen molar-refractivity contribution in [3.63, 3.8) is 0 Å². The highest BCUT2D eigenvalue weighted by molar-refractivity contribution is 7.85. The number of hydrogen-bond acceptors (Lipinski definition) is 8. The second-order valence-electron chi connectivity index (χ2n) is 7.53. The van der Waals surface area contributed by atoms with Crippen LogP contribution in [0.15, 0.2) is 60.7 Å². The Morgan fingerprint density at radius 3 is 2.00 bits per heavy atom. The van der Waals surface area contributed by atoms with Gasteiger partial charge < -0.3 is 25.1 Å². The van der Waals surface area contributed by atoms with Crippen LogP contribution in [0, 0.1) is 0 Å². The first-order valence-corrected chi connectivity index (χ1v) is 11.6. The number of alkyl carbamates (subject to hydrolysis) is 1. The second kappa shape index (κ2) is 9.08. The van der Waals surface area contributed by atoms with Crippen LogP contribution in [-0.2, 0) is 19.6 Å². The lowest BCUT2D eigenvalue weighted by Crippen LogP contribution is -2.49. The molecule has 1 atom stereocenters. The summed E-state index contributed by atoms with van der Waals surface area (Å²) in [4.78, 5) is 29.6. The van der Waals surface area contributed by atoms with Gasteiger partial charge in [0, 0.05) is 18.1 Å². The van der Waals surface area contributed by atoms with Crippen LogP contribution >= 0.6 is 0 Å². The molecule has 0 fully saturated rings. The molecular formula is C22H20N2O9S. The second-order valence-corrected chi connectivity index (χ2v) is 9.02. The fraction of sp³-hybridized carbons (Fsp3) is 0.182. The first-order chi connectivity index (χ1) is 16.1. The highest BCUT2D eigenvalue weighted by atomic mass is 32.2. The van der Waals surface area contributed by atoms with E-state index in [1.54, 1.807) is 0 Å². The molecule has 0 bridgehead atoms. The molecule has 1 aromatic heterocycles. The third kappa shape index (κ3) is 4.82. The van der Waals surface area contributed by atoms with Gasteiger partial charge in [0.1, 0.15) is 18.4 Å². The molecule has 1 heterocycles. The Balaban J connectivity index is 1.47. The lowest BCUT2D eigenvalue weighted by molar-refractivity contribution is -0.147. The maximum absolute atomic E-state index is 12.4. The summed E-state index contributed by atoms with van der Waals surface area (Å²) in [6.45, 7) is -0.104. The zero-order chi connectivity index (χ0) is 24.5.